The Morgan fingerprint density at radius 2 is 2.07 bits per heavy atom. The average molecular weight is 380 g/mol. The molecule has 1 fully saturated rings. The third kappa shape index (κ3) is 3.71. The number of amides is 1. The van der Waals surface area contributed by atoms with Crippen LogP contribution in [0.5, 0.6) is 5.75 Å². The van der Waals surface area contributed by atoms with E-state index in [0.717, 1.165) is 36.6 Å². The molecule has 0 aliphatic carbocycles. The molecule has 3 heterocycles. The molecule has 0 spiro atoms. The fourth-order valence-corrected chi connectivity index (χ4v) is 3.49. The van der Waals surface area contributed by atoms with Gasteiger partial charge in [0.15, 0.2) is 5.65 Å². The summed E-state index contributed by atoms with van der Waals surface area (Å²) < 4.78 is 13.0. The SMILES string of the molecule is Cc1cc(C)n2nc(C)c(C(=O)Nc3ccc(OCC4CCCO4)cc3)c2n1. The van der Waals surface area contributed by atoms with Crippen molar-refractivity contribution in [1.82, 2.24) is 14.6 Å². The van der Waals surface area contributed by atoms with Crippen molar-refractivity contribution >= 4 is 17.2 Å². The molecule has 7 heteroatoms. The van der Waals surface area contributed by atoms with Gasteiger partial charge in [-0.25, -0.2) is 9.50 Å². The van der Waals surface area contributed by atoms with Crippen molar-refractivity contribution in [2.24, 2.45) is 0 Å². The number of hydrogen-bond acceptors (Lipinski definition) is 5. The normalized spacial score (nSPS) is 16.5. The van der Waals surface area contributed by atoms with Gasteiger partial charge in [0, 0.05) is 23.7 Å². The molecule has 2 aromatic heterocycles. The molecule has 3 aromatic rings. The van der Waals surface area contributed by atoms with E-state index in [2.05, 4.69) is 15.4 Å². The number of hydrogen-bond donors (Lipinski definition) is 1. The zero-order chi connectivity index (χ0) is 19.7. The van der Waals surface area contributed by atoms with Crippen LogP contribution in [0.25, 0.3) is 5.65 Å². The largest absolute Gasteiger partial charge is 0.491 e. The molecule has 28 heavy (non-hydrogen) atoms. The van der Waals surface area contributed by atoms with Crippen LogP contribution in [0.1, 0.15) is 40.3 Å². The summed E-state index contributed by atoms with van der Waals surface area (Å²) in [5.41, 5.74) is 4.20. The van der Waals surface area contributed by atoms with Crippen molar-refractivity contribution in [1.29, 1.82) is 0 Å². The number of rotatable bonds is 5. The summed E-state index contributed by atoms with van der Waals surface area (Å²) in [6, 6.07) is 9.29. The zero-order valence-corrected chi connectivity index (χ0v) is 16.4. The van der Waals surface area contributed by atoms with Crippen LogP contribution in [0.4, 0.5) is 5.69 Å². The highest BCUT2D eigenvalue weighted by atomic mass is 16.5. The standard InChI is InChI=1S/C21H24N4O3/c1-13-11-14(2)25-20(22-13)19(15(3)24-25)21(26)23-16-6-8-17(9-7-16)28-12-18-5-4-10-27-18/h6-9,11,18H,4-5,10,12H2,1-3H3,(H,23,26). The minimum Gasteiger partial charge on any atom is -0.491 e. The van der Waals surface area contributed by atoms with Crippen molar-refractivity contribution in [3.05, 3.63) is 53.0 Å². The van der Waals surface area contributed by atoms with E-state index < -0.39 is 0 Å². The molecule has 0 saturated carbocycles. The fraction of sp³-hybridized carbons (Fsp3) is 0.381. The Kier molecular flexibility index (Phi) is 5.00. The Hall–Kier alpha value is -2.93. The van der Waals surface area contributed by atoms with Gasteiger partial charge < -0.3 is 14.8 Å². The lowest BCUT2D eigenvalue weighted by atomic mass is 10.2. The highest BCUT2D eigenvalue weighted by molar-refractivity contribution is 6.09. The van der Waals surface area contributed by atoms with Crippen LogP contribution in [0.3, 0.4) is 0 Å². The number of fused-ring (bicyclic) bond motifs is 1. The van der Waals surface area contributed by atoms with E-state index in [1.54, 1.807) is 4.52 Å². The summed E-state index contributed by atoms with van der Waals surface area (Å²) in [6.45, 7) is 7.05. The first kappa shape index (κ1) is 18.4. The topological polar surface area (TPSA) is 77.8 Å². The molecular formula is C21H24N4O3. The van der Waals surface area contributed by atoms with E-state index in [-0.39, 0.29) is 12.0 Å². The van der Waals surface area contributed by atoms with E-state index in [1.807, 2.05) is 51.1 Å². The van der Waals surface area contributed by atoms with Gasteiger partial charge in [-0.3, -0.25) is 4.79 Å². The van der Waals surface area contributed by atoms with Gasteiger partial charge in [0.1, 0.15) is 17.9 Å². The molecule has 1 aromatic carbocycles. The molecular weight excluding hydrogens is 356 g/mol. The molecule has 1 amide bonds. The summed E-state index contributed by atoms with van der Waals surface area (Å²) in [6.07, 6.45) is 2.31. The molecule has 4 rings (SSSR count). The number of anilines is 1. The molecule has 0 bridgehead atoms. The second-order valence-corrected chi connectivity index (χ2v) is 7.16. The van der Waals surface area contributed by atoms with Gasteiger partial charge in [0.25, 0.3) is 5.91 Å². The van der Waals surface area contributed by atoms with Crippen LogP contribution in [0.15, 0.2) is 30.3 Å². The van der Waals surface area contributed by atoms with Crippen LogP contribution in [-0.4, -0.2) is 39.8 Å². The summed E-state index contributed by atoms with van der Waals surface area (Å²) in [5.74, 6) is 0.534. The third-order valence-corrected chi connectivity index (χ3v) is 4.87. The molecule has 0 radical (unpaired) electrons. The molecule has 1 aliphatic heterocycles. The smallest absolute Gasteiger partial charge is 0.261 e. The Bertz CT molecular complexity index is 1000. The van der Waals surface area contributed by atoms with Gasteiger partial charge in [-0.2, -0.15) is 5.10 Å². The lowest BCUT2D eigenvalue weighted by molar-refractivity contribution is 0.0679. The second-order valence-electron chi connectivity index (χ2n) is 7.16. The predicted molar refractivity (Wildman–Crippen MR) is 106 cm³/mol. The van der Waals surface area contributed by atoms with Crippen LogP contribution in [-0.2, 0) is 4.74 Å². The van der Waals surface area contributed by atoms with Gasteiger partial charge in [0.2, 0.25) is 0 Å². The Balaban J connectivity index is 1.48. The maximum atomic E-state index is 12.9. The fourth-order valence-electron chi connectivity index (χ4n) is 3.49. The molecule has 146 valence electrons. The van der Waals surface area contributed by atoms with Crippen LogP contribution < -0.4 is 10.1 Å². The van der Waals surface area contributed by atoms with E-state index >= 15 is 0 Å². The molecule has 1 unspecified atom stereocenters. The van der Waals surface area contributed by atoms with E-state index in [1.165, 1.54) is 0 Å². The van der Waals surface area contributed by atoms with Gasteiger partial charge >= 0.3 is 0 Å². The van der Waals surface area contributed by atoms with Gasteiger partial charge in [-0.15, -0.1) is 0 Å². The highest BCUT2D eigenvalue weighted by Gasteiger charge is 2.20. The number of aryl methyl sites for hydroxylation is 3. The number of nitrogens with one attached hydrogen (secondary N) is 1. The maximum Gasteiger partial charge on any atom is 0.261 e. The third-order valence-electron chi connectivity index (χ3n) is 4.87. The van der Waals surface area contributed by atoms with Crippen molar-refractivity contribution in [2.45, 2.75) is 39.7 Å². The number of ether oxygens (including phenoxy) is 2. The van der Waals surface area contributed by atoms with Crippen molar-refractivity contribution in [2.75, 3.05) is 18.5 Å². The number of aromatic nitrogens is 3. The molecule has 1 saturated heterocycles. The Labute approximate surface area is 163 Å². The van der Waals surface area contributed by atoms with Crippen LogP contribution >= 0.6 is 0 Å². The van der Waals surface area contributed by atoms with E-state index in [4.69, 9.17) is 9.47 Å². The summed E-state index contributed by atoms with van der Waals surface area (Å²) in [7, 11) is 0. The average Bonchev–Trinajstić information content (AvgIpc) is 3.28. The zero-order valence-electron chi connectivity index (χ0n) is 16.4. The minimum absolute atomic E-state index is 0.178. The van der Waals surface area contributed by atoms with E-state index in [0.29, 0.717) is 29.2 Å². The first-order chi connectivity index (χ1) is 13.5. The number of carbonyl (C=O) groups is 1. The quantitative estimate of drug-likeness (QED) is 0.733. The summed E-state index contributed by atoms with van der Waals surface area (Å²) in [4.78, 5) is 17.4. The van der Waals surface area contributed by atoms with E-state index in [9.17, 15) is 4.79 Å². The minimum atomic E-state index is -0.224. The van der Waals surface area contributed by atoms with Crippen LogP contribution in [0.2, 0.25) is 0 Å². The molecule has 7 nitrogen and oxygen atoms in total. The first-order valence-electron chi connectivity index (χ1n) is 9.50. The first-order valence-corrected chi connectivity index (χ1v) is 9.50. The number of carbonyl (C=O) groups excluding carboxylic acids is 1. The van der Waals surface area contributed by atoms with Crippen molar-refractivity contribution in [3.63, 3.8) is 0 Å². The lowest BCUT2D eigenvalue weighted by Gasteiger charge is -2.12. The Morgan fingerprint density at radius 1 is 1.29 bits per heavy atom. The lowest BCUT2D eigenvalue weighted by Crippen LogP contribution is -2.16. The van der Waals surface area contributed by atoms with Gasteiger partial charge in [-0.05, 0) is 63.9 Å². The summed E-state index contributed by atoms with van der Waals surface area (Å²) in [5, 5.41) is 7.38. The molecule has 1 aliphatic rings. The van der Waals surface area contributed by atoms with Crippen molar-refractivity contribution < 1.29 is 14.3 Å². The van der Waals surface area contributed by atoms with Crippen LogP contribution in [0, 0.1) is 20.8 Å². The summed E-state index contributed by atoms with van der Waals surface area (Å²) >= 11 is 0. The van der Waals surface area contributed by atoms with Gasteiger partial charge in [-0.1, -0.05) is 0 Å². The number of benzene rings is 1. The predicted octanol–water partition coefficient (Wildman–Crippen LogP) is 3.46. The molecule has 1 atom stereocenters. The van der Waals surface area contributed by atoms with Crippen molar-refractivity contribution in [3.8, 4) is 5.75 Å². The number of nitrogens with zero attached hydrogens (tertiary/aromatic N) is 3. The highest BCUT2D eigenvalue weighted by Crippen LogP contribution is 2.21. The monoisotopic (exact) mass is 380 g/mol. The van der Waals surface area contributed by atoms with Gasteiger partial charge in [0.05, 0.1) is 11.8 Å². The Morgan fingerprint density at radius 3 is 2.79 bits per heavy atom. The second kappa shape index (κ2) is 7.59. The maximum absolute atomic E-state index is 12.9. The molecule has 1 N–H and O–H groups in total.